The maximum absolute atomic E-state index is 13.6. The van der Waals surface area contributed by atoms with Crippen LogP contribution in [-0.2, 0) is 6.18 Å². The molecule has 1 aliphatic carbocycles. The van der Waals surface area contributed by atoms with E-state index >= 15 is 0 Å². The highest BCUT2D eigenvalue weighted by Crippen LogP contribution is 2.42. The largest absolute Gasteiger partial charge is 0.417 e. The molecule has 172 valence electrons. The second-order valence-electron chi connectivity index (χ2n) is 8.36. The Kier molecular flexibility index (Phi) is 5.78. The fourth-order valence-corrected chi connectivity index (χ4v) is 4.90. The van der Waals surface area contributed by atoms with Gasteiger partial charge in [0.2, 0.25) is 0 Å². The number of rotatable bonds is 3. The first-order chi connectivity index (χ1) is 15.7. The van der Waals surface area contributed by atoms with Crippen molar-refractivity contribution in [2.24, 2.45) is 0 Å². The van der Waals surface area contributed by atoms with Gasteiger partial charge in [0, 0.05) is 24.0 Å². The Hall–Kier alpha value is -3.54. The second kappa shape index (κ2) is 8.43. The molecule has 1 N–H and O–H groups in total. The van der Waals surface area contributed by atoms with Crippen molar-refractivity contribution in [3.63, 3.8) is 0 Å². The molecule has 2 atom stereocenters. The van der Waals surface area contributed by atoms with E-state index in [0.717, 1.165) is 31.4 Å². The summed E-state index contributed by atoms with van der Waals surface area (Å²) in [5, 5.41) is 11.7. The van der Waals surface area contributed by atoms with Gasteiger partial charge in [-0.25, -0.2) is 4.79 Å². The summed E-state index contributed by atoms with van der Waals surface area (Å²) in [5.41, 5.74) is 0.399. The Labute approximate surface area is 189 Å². The molecule has 6 nitrogen and oxygen atoms in total. The Morgan fingerprint density at radius 1 is 1.06 bits per heavy atom. The summed E-state index contributed by atoms with van der Waals surface area (Å²) in [6.07, 6.45) is -1.53. The highest BCUT2D eigenvalue weighted by molar-refractivity contribution is 6.08. The van der Waals surface area contributed by atoms with Crippen LogP contribution in [0.25, 0.3) is 0 Å². The minimum atomic E-state index is -4.71. The van der Waals surface area contributed by atoms with Crippen LogP contribution in [0, 0.1) is 18.3 Å². The van der Waals surface area contributed by atoms with Crippen LogP contribution in [0.2, 0.25) is 0 Å². The monoisotopic (exact) mass is 456 g/mol. The Balaban J connectivity index is 1.77. The molecular formula is C24H23F3N4O2. The van der Waals surface area contributed by atoms with Crippen molar-refractivity contribution in [1.29, 1.82) is 5.26 Å². The summed E-state index contributed by atoms with van der Waals surface area (Å²) in [4.78, 5) is 28.7. The average Bonchev–Trinajstić information content (AvgIpc) is 3.09. The third-order valence-electron chi connectivity index (χ3n) is 6.44. The van der Waals surface area contributed by atoms with Crippen molar-refractivity contribution in [1.82, 2.24) is 5.32 Å². The number of nitrogens with one attached hydrogen (secondary N) is 1. The first-order valence-corrected chi connectivity index (χ1v) is 10.7. The molecule has 1 heterocycles. The smallest absolute Gasteiger partial charge is 0.355 e. The number of carbonyl (C=O) groups is 2. The lowest BCUT2D eigenvalue weighted by atomic mass is 9.89. The van der Waals surface area contributed by atoms with Gasteiger partial charge in [0.1, 0.15) is 0 Å². The molecule has 2 aliphatic rings. The first kappa shape index (κ1) is 22.6. The lowest BCUT2D eigenvalue weighted by Crippen LogP contribution is -2.40. The van der Waals surface area contributed by atoms with Crippen LogP contribution in [0.3, 0.4) is 0 Å². The number of carbonyl (C=O) groups excluding carboxylic acids is 2. The first-order valence-electron chi connectivity index (χ1n) is 10.7. The molecule has 2 aromatic carbocycles. The van der Waals surface area contributed by atoms with Crippen molar-refractivity contribution in [2.75, 3.05) is 16.8 Å². The lowest BCUT2D eigenvalue weighted by Gasteiger charge is -2.32. The van der Waals surface area contributed by atoms with Gasteiger partial charge >= 0.3 is 12.2 Å². The maximum Gasteiger partial charge on any atom is 0.417 e. The highest BCUT2D eigenvalue weighted by atomic mass is 19.4. The molecule has 0 bridgehead atoms. The molecule has 2 fully saturated rings. The maximum atomic E-state index is 13.6. The molecule has 1 saturated carbocycles. The van der Waals surface area contributed by atoms with Gasteiger partial charge in [0.05, 0.1) is 29.3 Å². The van der Waals surface area contributed by atoms with Crippen LogP contribution in [0.4, 0.5) is 29.3 Å². The number of alkyl halides is 3. The summed E-state index contributed by atoms with van der Waals surface area (Å²) >= 11 is 0. The molecule has 0 aromatic heterocycles. The van der Waals surface area contributed by atoms with E-state index < -0.39 is 23.3 Å². The normalized spacial score (nSPS) is 20.4. The van der Waals surface area contributed by atoms with Crippen molar-refractivity contribution in [2.45, 2.75) is 50.9 Å². The van der Waals surface area contributed by atoms with Gasteiger partial charge in [-0.15, -0.1) is 0 Å². The molecule has 2 aromatic rings. The fraction of sp³-hybridized carbons (Fsp3) is 0.375. The molecule has 4 rings (SSSR count). The second-order valence-corrected chi connectivity index (χ2v) is 8.36. The lowest BCUT2D eigenvalue weighted by molar-refractivity contribution is -0.137. The SMILES string of the molecule is CNC(=O)c1ccc(N2C(=O)N(c3ccc(C#N)c(C(F)(F)F)c3)[C@H]3CCCC[C@@H]32)cc1C. The number of nitrogens with zero attached hydrogens (tertiary/aromatic N) is 3. The van der Waals surface area contributed by atoms with E-state index in [-0.39, 0.29) is 23.7 Å². The number of halogens is 3. The van der Waals surface area contributed by atoms with E-state index in [9.17, 15) is 22.8 Å². The number of fused-ring (bicyclic) bond motifs is 1. The summed E-state index contributed by atoms with van der Waals surface area (Å²) in [6, 6.07) is 9.23. The number of hydrogen-bond acceptors (Lipinski definition) is 3. The topological polar surface area (TPSA) is 76.4 Å². The van der Waals surface area contributed by atoms with E-state index in [1.807, 2.05) is 0 Å². The minimum Gasteiger partial charge on any atom is -0.355 e. The van der Waals surface area contributed by atoms with E-state index in [1.165, 1.54) is 18.0 Å². The van der Waals surface area contributed by atoms with Crippen LogP contribution in [0.5, 0.6) is 0 Å². The molecule has 0 spiro atoms. The standard InChI is InChI=1S/C24H23F3N4O2/c1-14-11-16(9-10-18(14)22(32)29-2)30-20-5-3-4-6-21(20)31(23(30)33)17-8-7-15(13-28)19(12-17)24(25,26)27/h7-12,20-21H,3-6H2,1-2H3,(H,29,32)/t20-,21-/m0/s1. The highest BCUT2D eigenvalue weighted by Gasteiger charge is 2.48. The van der Waals surface area contributed by atoms with Gasteiger partial charge < -0.3 is 5.32 Å². The van der Waals surface area contributed by atoms with Gasteiger partial charge in [0.25, 0.3) is 5.91 Å². The van der Waals surface area contributed by atoms with Crippen LogP contribution in [0.1, 0.15) is 52.7 Å². The Morgan fingerprint density at radius 3 is 2.15 bits per heavy atom. The molecule has 3 amide bonds. The number of anilines is 2. The zero-order valence-electron chi connectivity index (χ0n) is 18.2. The fourth-order valence-electron chi connectivity index (χ4n) is 4.90. The van der Waals surface area contributed by atoms with Crippen LogP contribution in [-0.4, -0.2) is 31.1 Å². The number of urea groups is 1. The number of aryl methyl sites for hydroxylation is 1. The van der Waals surface area contributed by atoms with Crippen LogP contribution < -0.4 is 15.1 Å². The zero-order valence-corrected chi connectivity index (χ0v) is 18.2. The number of amides is 3. The molecule has 1 saturated heterocycles. The van der Waals surface area contributed by atoms with Crippen molar-refractivity contribution in [3.05, 3.63) is 58.7 Å². The van der Waals surface area contributed by atoms with Crippen LogP contribution >= 0.6 is 0 Å². The van der Waals surface area contributed by atoms with Crippen LogP contribution in [0.15, 0.2) is 36.4 Å². The van der Waals surface area contributed by atoms with E-state index in [2.05, 4.69) is 5.32 Å². The zero-order chi connectivity index (χ0) is 23.9. The summed E-state index contributed by atoms with van der Waals surface area (Å²) < 4.78 is 40.7. The summed E-state index contributed by atoms with van der Waals surface area (Å²) in [6.45, 7) is 1.78. The molecule has 1 aliphatic heterocycles. The minimum absolute atomic E-state index is 0.129. The van der Waals surface area contributed by atoms with Gasteiger partial charge in [-0.05, 0) is 61.7 Å². The molecule has 9 heteroatoms. The van der Waals surface area contributed by atoms with Crippen molar-refractivity contribution >= 4 is 23.3 Å². The van der Waals surface area contributed by atoms with Gasteiger partial charge in [-0.3, -0.25) is 14.6 Å². The van der Waals surface area contributed by atoms with E-state index in [0.29, 0.717) is 23.2 Å². The van der Waals surface area contributed by atoms with E-state index in [1.54, 1.807) is 36.1 Å². The van der Waals surface area contributed by atoms with Gasteiger partial charge in [0.15, 0.2) is 0 Å². The predicted molar refractivity (Wildman–Crippen MR) is 117 cm³/mol. The number of hydrogen-bond donors (Lipinski definition) is 1. The molecular weight excluding hydrogens is 433 g/mol. The van der Waals surface area contributed by atoms with E-state index in [4.69, 9.17) is 5.26 Å². The predicted octanol–water partition coefficient (Wildman–Crippen LogP) is 5.00. The van der Waals surface area contributed by atoms with Gasteiger partial charge in [-0.2, -0.15) is 18.4 Å². The van der Waals surface area contributed by atoms with Crippen molar-refractivity contribution in [3.8, 4) is 6.07 Å². The molecule has 0 unspecified atom stereocenters. The summed E-state index contributed by atoms with van der Waals surface area (Å²) in [7, 11) is 1.54. The molecule has 33 heavy (non-hydrogen) atoms. The van der Waals surface area contributed by atoms with Gasteiger partial charge in [-0.1, -0.05) is 12.8 Å². The quantitative estimate of drug-likeness (QED) is 0.706. The Morgan fingerprint density at radius 2 is 1.64 bits per heavy atom. The molecule has 0 radical (unpaired) electrons. The Bertz CT molecular complexity index is 1160. The number of benzene rings is 2. The third kappa shape index (κ3) is 3.90. The third-order valence-corrected chi connectivity index (χ3v) is 6.44. The average molecular weight is 456 g/mol. The number of nitriles is 1. The summed E-state index contributed by atoms with van der Waals surface area (Å²) in [5.74, 6) is -0.235. The van der Waals surface area contributed by atoms with Crippen molar-refractivity contribution < 1.29 is 22.8 Å².